The van der Waals surface area contributed by atoms with E-state index in [0.29, 0.717) is 24.2 Å². The molecule has 4 aliphatic carbocycles. The van der Waals surface area contributed by atoms with E-state index in [4.69, 9.17) is 15.3 Å². The maximum absolute atomic E-state index is 13.0. The molecule has 7 nitrogen and oxygen atoms in total. The number of hydrogen-bond acceptors (Lipinski definition) is 7. The minimum absolute atomic E-state index is 0.0192. The molecule has 0 saturated heterocycles. The van der Waals surface area contributed by atoms with Gasteiger partial charge in [0, 0.05) is 18.8 Å². The minimum Gasteiger partial charge on any atom is -0.384 e. The van der Waals surface area contributed by atoms with Crippen molar-refractivity contribution in [1.82, 2.24) is 0 Å². The van der Waals surface area contributed by atoms with Crippen molar-refractivity contribution in [3.63, 3.8) is 0 Å². The van der Waals surface area contributed by atoms with E-state index in [1.807, 2.05) is 6.08 Å². The summed E-state index contributed by atoms with van der Waals surface area (Å²) in [5.41, 5.74) is 1.36. The van der Waals surface area contributed by atoms with Gasteiger partial charge in [-0.15, -0.1) is 0 Å². The lowest BCUT2D eigenvalue weighted by atomic mass is 9.46. The molecule has 0 spiro atoms. The first-order chi connectivity index (χ1) is 14.4. The average molecular weight is 435 g/mol. The van der Waals surface area contributed by atoms with Crippen molar-refractivity contribution in [2.24, 2.45) is 34.5 Å². The van der Waals surface area contributed by atoms with Crippen LogP contribution in [0.3, 0.4) is 0 Å². The van der Waals surface area contributed by atoms with Crippen LogP contribution in [-0.2, 0) is 19.1 Å². The summed E-state index contributed by atoms with van der Waals surface area (Å²) in [6.07, 6.45) is 5.61. The summed E-state index contributed by atoms with van der Waals surface area (Å²) in [5.74, 6) is 0.762. The van der Waals surface area contributed by atoms with E-state index in [9.17, 15) is 14.4 Å². The number of hydrogen-bond donors (Lipinski definition) is 3. The van der Waals surface area contributed by atoms with Crippen LogP contribution in [0.15, 0.2) is 11.6 Å². The zero-order valence-electron chi connectivity index (χ0n) is 18.4. The fourth-order valence-electron chi connectivity index (χ4n) is 7.69. The van der Waals surface area contributed by atoms with Gasteiger partial charge in [-0.05, 0) is 79.6 Å². The van der Waals surface area contributed by atoms with Crippen molar-refractivity contribution in [3.8, 4) is 0 Å². The highest BCUT2D eigenvalue weighted by molar-refractivity contribution is 5.91. The van der Waals surface area contributed by atoms with E-state index in [1.54, 1.807) is 0 Å². The summed E-state index contributed by atoms with van der Waals surface area (Å²) in [6, 6.07) is 0. The number of rotatable bonds is 5. The Bertz CT molecular complexity index is 809. The van der Waals surface area contributed by atoms with Gasteiger partial charge in [-0.1, -0.05) is 19.4 Å². The van der Waals surface area contributed by atoms with Crippen LogP contribution in [0.4, 0.5) is 0 Å². The number of ether oxygens (including phenoxy) is 1. The number of carbonyl (C=O) groups excluding carboxylic acids is 3. The predicted molar refractivity (Wildman–Crippen MR) is 110 cm³/mol. The van der Waals surface area contributed by atoms with Crippen LogP contribution in [0, 0.1) is 34.5 Å². The Balaban J connectivity index is 1.45. The fraction of sp³-hybridized carbons (Fsp3) is 0.792. The fourth-order valence-corrected chi connectivity index (χ4v) is 7.69. The quantitative estimate of drug-likeness (QED) is 0.449. The SMILES string of the molecule is C[C@]12CC[C@H]3[C@@H](CCC4=CC(=O)CC[C@@]43C)[C@@H]1CC[C@H]2C(=O)CCC(=O)OC(O)(O)O. The molecule has 0 aromatic heterocycles. The zero-order chi connectivity index (χ0) is 22.6. The van der Waals surface area contributed by atoms with Crippen LogP contribution in [0.1, 0.15) is 78.1 Å². The summed E-state index contributed by atoms with van der Waals surface area (Å²) in [7, 11) is 0. The molecule has 172 valence electrons. The van der Waals surface area contributed by atoms with Crippen LogP contribution >= 0.6 is 0 Å². The smallest absolute Gasteiger partial charge is 0.384 e. The molecule has 3 fully saturated rings. The second-order valence-electron chi connectivity index (χ2n) is 10.7. The summed E-state index contributed by atoms with van der Waals surface area (Å²) in [4.78, 5) is 36.6. The van der Waals surface area contributed by atoms with Crippen LogP contribution in [-0.4, -0.2) is 39.0 Å². The standard InChI is InChI=1S/C24H34O7/c1-22-11-9-15(25)13-14(22)3-4-16-17-5-6-19(23(17,2)12-10-18(16)22)20(26)7-8-21(27)31-24(28,29)30/h13,16-19,28-30H,3-12H2,1-2H3/t16-,17-,18-,19-,22-,23-/m0/s1. The third-order valence-corrected chi connectivity index (χ3v) is 9.18. The molecule has 31 heavy (non-hydrogen) atoms. The molecular formula is C24H34O7. The van der Waals surface area contributed by atoms with Gasteiger partial charge in [0.05, 0.1) is 6.42 Å². The normalized spacial score (nSPS) is 39.8. The van der Waals surface area contributed by atoms with E-state index >= 15 is 0 Å². The number of carbonyl (C=O) groups is 3. The number of fused-ring (bicyclic) bond motifs is 5. The van der Waals surface area contributed by atoms with Crippen LogP contribution in [0.2, 0.25) is 0 Å². The molecular weight excluding hydrogens is 400 g/mol. The molecule has 4 aliphatic rings. The van der Waals surface area contributed by atoms with E-state index < -0.39 is 12.1 Å². The first-order valence-electron chi connectivity index (χ1n) is 11.6. The second-order valence-corrected chi connectivity index (χ2v) is 10.7. The van der Waals surface area contributed by atoms with Crippen molar-refractivity contribution < 1.29 is 34.4 Å². The third-order valence-electron chi connectivity index (χ3n) is 9.18. The van der Waals surface area contributed by atoms with Gasteiger partial charge in [-0.25, -0.2) is 0 Å². The highest BCUT2D eigenvalue weighted by atomic mass is 16.9. The van der Waals surface area contributed by atoms with Crippen molar-refractivity contribution in [3.05, 3.63) is 11.6 Å². The highest BCUT2D eigenvalue weighted by Crippen LogP contribution is 2.66. The lowest BCUT2D eigenvalue weighted by Gasteiger charge is -2.58. The molecule has 0 heterocycles. The molecule has 7 heteroatoms. The Morgan fingerprint density at radius 2 is 1.77 bits per heavy atom. The highest BCUT2D eigenvalue weighted by Gasteiger charge is 2.59. The topological polar surface area (TPSA) is 121 Å². The summed E-state index contributed by atoms with van der Waals surface area (Å²) in [5, 5.41) is 26.2. The van der Waals surface area contributed by atoms with E-state index in [2.05, 4.69) is 18.6 Å². The Morgan fingerprint density at radius 3 is 2.48 bits per heavy atom. The van der Waals surface area contributed by atoms with E-state index in [1.165, 1.54) is 5.57 Å². The molecule has 4 rings (SSSR count). The molecule has 0 aliphatic heterocycles. The van der Waals surface area contributed by atoms with Crippen molar-refractivity contribution in [2.75, 3.05) is 0 Å². The Kier molecular flexibility index (Phi) is 5.68. The molecule has 3 N–H and O–H groups in total. The van der Waals surface area contributed by atoms with Gasteiger partial charge >= 0.3 is 12.1 Å². The number of aliphatic hydroxyl groups is 3. The van der Waals surface area contributed by atoms with Gasteiger partial charge in [0.1, 0.15) is 5.78 Å². The molecule has 0 radical (unpaired) electrons. The van der Waals surface area contributed by atoms with Crippen molar-refractivity contribution in [2.45, 2.75) is 84.2 Å². The number of esters is 1. The third kappa shape index (κ3) is 4.00. The monoisotopic (exact) mass is 434 g/mol. The van der Waals surface area contributed by atoms with Crippen LogP contribution < -0.4 is 0 Å². The van der Waals surface area contributed by atoms with Gasteiger partial charge in [0.2, 0.25) is 0 Å². The molecule has 0 unspecified atom stereocenters. The number of Topliss-reactive ketones (excluding diaryl/α,β-unsaturated/α-hetero) is 1. The van der Waals surface area contributed by atoms with E-state index in [-0.39, 0.29) is 41.2 Å². The lowest BCUT2D eigenvalue weighted by molar-refractivity contribution is -0.435. The van der Waals surface area contributed by atoms with Gasteiger partial charge in [-0.2, -0.15) is 0 Å². The van der Waals surface area contributed by atoms with E-state index in [0.717, 1.165) is 44.9 Å². The molecule has 0 aromatic carbocycles. The molecule has 3 saturated carbocycles. The molecule has 0 bridgehead atoms. The maximum Gasteiger partial charge on any atom is 0.455 e. The summed E-state index contributed by atoms with van der Waals surface area (Å²) >= 11 is 0. The predicted octanol–water partition coefficient (Wildman–Crippen LogP) is 2.62. The maximum atomic E-state index is 13.0. The Labute approximate surface area is 182 Å². The van der Waals surface area contributed by atoms with Crippen molar-refractivity contribution >= 4 is 17.5 Å². The first kappa shape index (κ1) is 22.6. The Morgan fingerprint density at radius 1 is 1.03 bits per heavy atom. The minimum atomic E-state index is -3.50. The summed E-state index contributed by atoms with van der Waals surface area (Å²) < 4.78 is 4.07. The van der Waals surface area contributed by atoms with Crippen LogP contribution in [0.5, 0.6) is 0 Å². The van der Waals surface area contributed by atoms with Gasteiger partial charge in [-0.3, -0.25) is 14.4 Å². The van der Waals surface area contributed by atoms with Crippen molar-refractivity contribution in [1.29, 1.82) is 0 Å². The molecule has 0 amide bonds. The number of ketones is 2. The van der Waals surface area contributed by atoms with Crippen LogP contribution in [0.25, 0.3) is 0 Å². The average Bonchev–Trinajstić information content (AvgIpc) is 3.02. The first-order valence-corrected chi connectivity index (χ1v) is 11.6. The zero-order valence-corrected chi connectivity index (χ0v) is 18.4. The second kappa shape index (κ2) is 7.78. The summed E-state index contributed by atoms with van der Waals surface area (Å²) in [6.45, 7) is 4.58. The Hall–Kier alpha value is -1.57. The lowest BCUT2D eigenvalue weighted by Crippen LogP contribution is -2.51. The molecule has 0 aromatic rings. The van der Waals surface area contributed by atoms with Gasteiger partial charge < -0.3 is 20.1 Å². The largest absolute Gasteiger partial charge is 0.455 e. The number of allylic oxidation sites excluding steroid dienone is 1. The van der Waals surface area contributed by atoms with Gasteiger partial charge in [0.15, 0.2) is 5.78 Å². The van der Waals surface area contributed by atoms with Gasteiger partial charge in [0.25, 0.3) is 0 Å². The molecule has 6 atom stereocenters.